The molecule has 0 aliphatic carbocycles. The van der Waals surface area contributed by atoms with Crippen molar-refractivity contribution in [1.82, 2.24) is 5.32 Å². The standard InChI is InChI=1S/C15H24N2O3/c1-5-11(2)17-15(18)8-9-16-12-6-7-13(19-3)14(10-12)20-4/h6-7,10-11,16H,5,8-9H2,1-4H3,(H,17,18). The van der Waals surface area contributed by atoms with Gasteiger partial charge in [-0.15, -0.1) is 0 Å². The molecule has 1 rings (SSSR count). The van der Waals surface area contributed by atoms with E-state index in [1.54, 1.807) is 14.2 Å². The first-order chi connectivity index (χ1) is 9.60. The molecule has 5 nitrogen and oxygen atoms in total. The van der Waals surface area contributed by atoms with Crippen LogP contribution in [0, 0.1) is 0 Å². The predicted octanol–water partition coefficient (Wildman–Crippen LogP) is 2.42. The number of benzene rings is 1. The Kier molecular flexibility index (Phi) is 6.70. The van der Waals surface area contributed by atoms with Crippen LogP contribution >= 0.6 is 0 Å². The summed E-state index contributed by atoms with van der Waals surface area (Å²) in [6, 6.07) is 5.81. The summed E-state index contributed by atoms with van der Waals surface area (Å²) < 4.78 is 10.4. The summed E-state index contributed by atoms with van der Waals surface area (Å²) in [6.07, 6.45) is 1.38. The average Bonchev–Trinajstić information content (AvgIpc) is 2.46. The van der Waals surface area contributed by atoms with E-state index in [9.17, 15) is 4.79 Å². The average molecular weight is 280 g/mol. The van der Waals surface area contributed by atoms with E-state index in [2.05, 4.69) is 10.6 Å². The first kappa shape index (κ1) is 16.1. The fourth-order valence-electron chi connectivity index (χ4n) is 1.72. The van der Waals surface area contributed by atoms with E-state index in [0.29, 0.717) is 24.5 Å². The molecule has 0 heterocycles. The van der Waals surface area contributed by atoms with Gasteiger partial charge < -0.3 is 20.1 Å². The molecule has 112 valence electrons. The van der Waals surface area contributed by atoms with E-state index in [-0.39, 0.29) is 11.9 Å². The van der Waals surface area contributed by atoms with Gasteiger partial charge in [0.2, 0.25) is 5.91 Å². The number of methoxy groups -OCH3 is 2. The first-order valence-corrected chi connectivity index (χ1v) is 6.86. The van der Waals surface area contributed by atoms with Crippen LogP contribution in [0.15, 0.2) is 18.2 Å². The molecule has 0 aliphatic heterocycles. The Hall–Kier alpha value is -1.91. The summed E-state index contributed by atoms with van der Waals surface area (Å²) in [5.74, 6) is 1.42. The minimum absolute atomic E-state index is 0.0623. The molecule has 1 aromatic rings. The number of rotatable bonds is 8. The van der Waals surface area contributed by atoms with Crippen molar-refractivity contribution in [1.29, 1.82) is 0 Å². The second-order valence-corrected chi connectivity index (χ2v) is 4.62. The zero-order valence-corrected chi connectivity index (χ0v) is 12.7. The smallest absolute Gasteiger partial charge is 0.221 e. The second kappa shape index (κ2) is 8.30. The number of carbonyl (C=O) groups excluding carboxylic acids is 1. The van der Waals surface area contributed by atoms with Gasteiger partial charge >= 0.3 is 0 Å². The molecule has 0 radical (unpaired) electrons. The summed E-state index contributed by atoms with van der Waals surface area (Å²) in [5, 5.41) is 6.13. The summed E-state index contributed by atoms with van der Waals surface area (Å²) in [5.41, 5.74) is 0.902. The summed E-state index contributed by atoms with van der Waals surface area (Å²) in [4.78, 5) is 11.6. The van der Waals surface area contributed by atoms with Crippen molar-refractivity contribution in [2.75, 3.05) is 26.1 Å². The quantitative estimate of drug-likeness (QED) is 0.768. The Morgan fingerprint density at radius 1 is 1.25 bits per heavy atom. The number of amides is 1. The maximum Gasteiger partial charge on any atom is 0.221 e. The summed E-state index contributed by atoms with van der Waals surface area (Å²) in [6.45, 7) is 4.63. The molecule has 0 saturated carbocycles. The first-order valence-electron chi connectivity index (χ1n) is 6.86. The van der Waals surface area contributed by atoms with Crippen LogP contribution in [0.4, 0.5) is 5.69 Å². The van der Waals surface area contributed by atoms with Gasteiger partial charge in [0, 0.05) is 30.8 Å². The molecule has 0 aliphatic rings. The summed E-state index contributed by atoms with van der Waals surface area (Å²) >= 11 is 0. The van der Waals surface area contributed by atoms with Crippen LogP contribution in [-0.4, -0.2) is 32.7 Å². The molecule has 1 unspecified atom stereocenters. The lowest BCUT2D eigenvalue weighted by Gasteiger charge is -2.13. The monoisotopic (exact) mass is 280 g/mol. The van der Waals surface area contributed by atoms with Gasteiger partial charge in [-0.05, 0) is 25.5 Å². The maximum absolute atomic E-state index is 11.6. The van der Waals surface area contributed by atoms with Crippen LogP contribution in [0.2, 0.25) is 0 Å². The molecule has 0 bridgehead atoms. The Bertz CT molecular complexity index is 435. The van der Waals surface area contributed by atoms with Crippen molar-refractivity contribution in [3.8, 4) is 11.5 Å². The predicted molar refractivity (Wildman–Crippen MR) is 80.5 cm³/mol. The molecule has 0 fully saturated rings. The van der Waals surface area contributed by atoms with E-state index < -0.39 is 0 Å². The maximum atomic E-state index is 11.6. The molecule has 1 aromatic carbocycles. The van der Waals surface area contributed by atoms with Gasteiger partial charge in [-0.1, -0.05) is 6.92 Å². The van der Waals surface area contributed by atoms with Crippen LogP contribution in [0.3, 0.4) is 0 Å². The minimum atomic E-state index is 0.0623. The normalized spacial score (nSPS) is 11.6. The highest BCUT2D eigenvalue weighted by atomic mass is 16.5. The van der Waals surface area contributed by atoms with Crippen molar-refractivity contribution in [3.63, 3.8) is 0 Å². The topological polar surface area (TPSA) is 59.6 Å². The van der Waals surface area contributed by atoms with Gasteiger partial charge in [-0.25, -0.2) is 0 Å². The van der Waals surface area contributed by atoms with Crippen LogP contribution in [-0.2, 0) is 4.79 Å². The third kappa shape index (κ3) is 4.99. The number of hydrogen-bond donors (Lipinski definition) is 2. The number of ether oxygens (including phenoxy) is 2. The number of anilines is 1. The lowest BCUT2D eigenvalue weighted by molar-refractivity contribution is -0.121. The van der Waals surface area contributed by atoms with E-state index in [4.69, 9.17) is 9.47 Å². The van der Waals surface area contributed by atoms with Crippen molar-refractivity contribution < 1.29 is 14.3 Å². The van der Waals surface area contributed by atoms with E-state index in [0.717, 1.165) is 12.1 Å². The van der Waals surface area contributed by atoms with Gasteiger partial charge in [0.1, 0.15) is 0 Å². The van der Waals surface area contributed by atoms with Gasteiger partial charge in [-0.3, -0.25) is 4.79 Å². The van der Waals surface area contributed by atoms with Crippen LogP contribution in [0.25, 0.3) is 0 Å². The fourth-order valence-corrected chi connectivity index (χ4v) is 1.72. The van der Waals surface area contributed by atoms with Crippen LogP contribution in [0.1, 0.15) is 26.7 Å². The molecule has 0 aromatic heterocycles. The molecule has 20 heavy (non-hydrogen) atoms. The second-order valence-electron chi connectivity index (χ2n) is 4.62. The number of carbonyl (C=O) groups is 1. The van der Waals surface area contributed by atoms with E-state index in [1.165, 1.54) is 0 Å². The Balaban J connectivity index is 2.44. The van der Waals surface area contributed by atoms with Crippen molar-refractivity contribution >= 4 is 11.6 Å². The SMILES string of the molecule is CCC(C)NC(=O)CCNc1ccc(OC)c(OC)c1. The third-order valence-electron chi connectivity index (χ3n) is 3.08. The zero-order chi connectivity index (χ0) is 15.0. The molecule has 0 saturated heterocycles. The van der Waals surface area contributed by atoms with E-state index >= 15 is 0 Å². The largest absolute Gasteiger partial charge is 0.493 e. The molecular formula is C15H24N2O3. The van der Waals surface area contributed by atoms with Gasteiger partial charge in [0.25, 0.3) is 0 Å². The van der Waals surface area contributed by atoms with Gasteiger partial charge in [-0.2, -0.15) is 0 Å². The fraction of sp³-hybridized carbons (Fsp3) is 0.533. The van der Waals surface area contributed by atoms with E-state index in [1.807, 2.05) is 32.0 Å². The third-order valence-corrected chi connectivity index (χ3v) is 3.08. The van der Waals surface area contributed by atoms with Crippen LogP contribution in [0.5, 0.6) is 11.5 Å². The van der Waals surface area contributed by atoms with Crippen LogP contribution < -0.4 is 20.1 Å². The van der Waals surface area contributed by atoms with Crippen molar-refractivity contribution in [3.05, 3.63) is 18.2 Å². The minimum Gasteiger partial charge on any atom is -0.493 e. The molecular weight excluding hydrogens is 256 g/mol. The molecule has 0 spiro atoms. The Labute approximate surface area is 120 Å². The summed E-state index contributed by atoms with van der Waals surface area (Å²) in [7, 11) is 3.20. The van der Waals surface area contributed by atoms with Crippen molar-refractivity contribution in [2.45, 2.75) is 32.7 Å². The Morgan fingerprint density at radius 3 is 2.55 bits per heavy atom. The molecule has 2 N–H and O–H groups in total. The zero-order valence-electron chi connectivity index (χ0n) is 12.7. The molecule has 1 amide bonds. The lowest BCUT2D eigenvalue weighted by Crippen LogP contribution is -2.32. The number of hydrogen-bond acceptors (Lipinski definition) is 4. The highest BCUT2D eigenvalue weighted by molar-refractivity contribution is 5.76. The highest BCUT2D eigenvalue weighted by Gasteiger charge is 2.06. The Morgan fingerprint density at radius 2 is 1.95 bits per heavy atom. The van der Waals surface area contributed by atoms with Crippen molar-refractivity contribution in [2.24, 2.45) is 0 Å². The number of nitrogens with one attached hydrogen (secondary N) is 2. The van der Waals surface area contributed by atoms with Gasteiger partial charge in [0.05, 0.1) is 14.2 Å². The molecule has 5 heteroatoms. The molecule has 1 atom stereocenters. The van der Waals surface area contributed by atoms with Gasteiger partial charge in [0.15, 0.2) is 11.5 Å². The highest BCUT2D eigenvalue weighted by Crippen LogP contribution is 2.29. The lowest BCUT2D eigenvalue weighted by atomic mass is 10.2.